The minimum atomic E-state index is -0.455. The van der Waals surface area contributed by atoms with E-state index in [0.29, 0.717) is 82.3 Å². The molecule has 0 aliphatic carbocycles. The molecule has 6 atom stereocenters. The van der Waals surface area contributed by atoms with Gasteiger partial charge < -0.3 is 62.9 Å². The van der Waals surface area contributed by atoms with Crippen molar-refractivity contribution in [2.75, 3.05) is 48.3 Å². The van der Waals surface area contributed by atoms with E-state index in [-0.39, 0.29) is 49.0 Å². The third kappa shape index (κ3) is 8.08. The molecule has 10 rings (SSSR count). The van der Waals surface area contributed by atoms with Crippen LogP contribution in [0, 0.1) is 0 Å². The summed E-state index contributed by atoms with van der Waals surface area (Å²) in [5.74, 6) is 8.72. The maximum absolute atomic E-state index is 13.5. The lowest BCUT2D eigenvalue weighted by molar-refractivity contribution is 0.0285. The van der Waals surface area contributed by atoms with Crippen LogP contribution in [0.4, 0.5) is 0 Å². The highest BCUT2D eigenvalue weighted by atomic mass is 16.7. The smallest absolute Gasteiger partial charge is 0.178 e. The molecule has 6 heterocycles. The van der Waals surface area contributed by atoms with Crippen LogP contribution in [0.1, 0.15) is 70.8 Å². The van der Waals surface area contributed by atoms with Gasteiger partial charge in [-0.25, -0.2) is 5.90 Å². The van der Waals surface area contributed by atoms with E-state index >= 15 is 0 Å². The predicted molar refractivity (Wildman–Crippen MR) is 235 cm³/mol. The van der Waals surface area contributed by atoms with Crippen LogP contribution in [0.3, 0.4) is 0 Å². The number of Topliss-reactive ketones (excluding diaryl/α,β-unsaturated/α-hetero) is 1. The summed E-state index contributed by atoms with van der Waals surface area (Å²) in [5, 5.41) is 29.5. The molecule has 0 saturated heterocycles. The average Bonchev–Trinajstić information content (AvgIpc) is 4.07. The van der Waals surface area contributed by atoms with Crippen molar-refractivity contribution in [3.05, 3.63) is 106 Å². The number of hydrogen-bond donors (Lipinski definition) is 4. The van der Waals surface area contributed by atoms with Crippen molar-refractivity contribution < 1.29 is 67.7 Å². The molecule has 4 aromatic rings. The number of carbonyl (C=O) groups excluding carboxylic acids is 1. The number of methoxy groups -OCH3 is 4. The van der Waals surface area contributed by atoms with Crippen molar-refractivity contribution in [1.82, 2.24) is 0 Å². The number of hydrogen-bond acceptors (Lipinski definition) is 16. The molecule has 0 fully saturated rings. The Kier molecular flexibility index (Phi) is 13.5. The molecule has 0 aromatic heterocycles. The first-order valence-corrected chi connectivity index (χ1v) is 20.7. The number of phenolic OH excluding ortho intramolecular Hbond substituents is 1. The average molecular weight is 883 g/mol. The number of nitrogens with zero attached hydrogens (tertiary/aromatic N) is 1. The van der Waals surface area contributed by atoms with Crippen molar-refractivity contribution in [3.8, 4) is 57.5 Å². The van der Waals surface area contributed by atoms with E-state index in [0.717, 1.165) is 39.1 Å². The highest BCUT2D eigenvalue weighted by Gasteiger charge is 2.46. The van der Waals surface area contributed by atoms with Crippen LogP contribution in [0.15, 0.2) is 78.0 Å². The lowest BCUT2D eigenvalue weighted by atomic mass is 9.81. The first kappa shape index (κ1) is 45.4. The van der Waals surface area contributed by atoms with Crippen LogP contribution in [-0.2, 0) is 17.7 Å². The van der Waals surface area contributed by atoms with Crippen LogP contribution in [-0.4, -0.2) is 99.6 Å². The van der Waals surface area contributed by atoms with E-state index in [2.05, 4.69) is 24.2 Å². The number of oxime groups is 1. The Morgan fingerprint density at radius 3 is 1.70 bits per heavy atom. The van der Waals surface area contributed by atoms with Gasteiger partial charge in [0.05, 0.1) is 45.8 Å². The van der Waals surface area contributed by atoms with Gasteiger partial charge in [0, 0.05) is 59.4 Å². The highest BCUT2D eigenvalue weighted by Crippen LogP contribution is 2.51. The molecule has 0 amide bonds. The standard InChI is InChI=1S/C23H23NO6.C23H22O6.C2H6O.H3NO/c1-11(2)16-8-14-15(29-16)6-5-12(23(14)25)22-21-13-7-18(26-3)19(27-4)9-17(13)28-10-20(21)30-24-22;1-11(2)16-8-14-15(28-16)6-5-12-22(24)21-13-7-18(25-3)19(26-4)9-17(13)27-10-20(21)29-23(12)14;1-2-3;1-2/h5-7,9,16,20-21,25H,1,8,10H2,2-4H3;5-7,9,16,20-21H,1,8,10H2,2-4H3;3H,2H2,1H3;2H,1H2/t16-,20?,21?;16-,20-,21+;;/m11../s1. The van der Waals surface area contributed by atoms with Gasteiger partial charge in [-0.2, -0.15) is 0 Å². The highest BCUT2D eigenvalue weighted by molar-refractivity contribution is 6.09. The summed E-state index contributed by atoms with van der Waals surface area (Å²) in [6, 6.07) is 14.6. The number of benzene rings is 4. The summed E-state index contributed by atoms with van der Waals surface area (Å²) in [7, 11) is 6.32. The van der Waals surface area contributed by atoms with Crippen LogP contribution < -0.4 is 48.5 Å². The third-order valence-electron chi connectivity index (χ3n) is 11.8. The van der Waals surface area contributed by atoms with Crippen molar-refractivity contribution in [3.63, 3.8) is 0 Å². The van der Waals surface area contributed by atoms with Gasteiger partial charge in [-0.1, -0.05) is 18.3 Å². The van der Waals surface area contributed by atoms with Crippen molar-refractivity contribution in [2.24, 2.45) is 11.1 Å². The number of fused-ring (bicyclic) bond motifs is 10. The second-order valence-corrected chi connectivity index (χ2v) is 15.7. The molecule has 4 aromatic carbocycles. The summed E-state index contributed by atoms with van der Waals surface area (Å²) in [6.07, 6.45) is 0.330. The number of aliphatic hydroxyl groups is 1. The fraction of sp³-hybridized carbons (Fsp3) is 0.375. The topological polar surface area (TPSA) is 208 Å². The molecule has 0 spiro atoms. The molecular formula is C48H54N2O14. The molecule has 5 N–H and O–H groups in total. The lowest BCUT2D eigenvalue weighted by Crippen LogP contribution is -2.43. The van der Waals surface area contributed by atoms with Crippen molar-refractivity contribution in [1.29, 1.82) is 0 Å². The molecule has 0 saturated carbocycles. The largest absolute Gasteiger partial charge is 0.507 e. The fourth-order valence-corrected chi connectivity index (χ4v) is 8.65. The number of aromatic hydroxyl groups is 1. The third-order valence-corrected chi connectivity index (χ3v) is 11.8. The molecule has 64 heavy (non-hydrogen) atoms. The number of phenols is 1. The Labute approximate surface area is 371 Å². The van der Waals surface area contributed by atoms with Crippen LogP contribution in [0.2, 0.25) is 0 Å². The maximum Gasteiger partial charge on any atom is 0.178 e. The number of nitrogens with two attached hydrogens (primary N) is 1. The molecule has 2 unspecified atom stereocenters. The van der Waals surface area contributed by atoms with E-state index in [4.69, 9.17) is 57.8 Å². The first-order chi connectivity index (χ1) is 30.9. The quantitative estimate of drug-likeness (QED) is 0.114. The van der Waals surface area contributed by atoms with Crippen LogP contribution >= 0.6 is 0 Å². The summed E-state index contributed by atoms with van der Waals surface area (Å²) < 4.78 is 51.7. The minimum Gasteiger partial charge on any atom is -0.507 e. The summed E-state index contributed by atoms with van der Waals surface area (Å²) in [4.78, 5) is 19.2. The molecule has 0 bridgehead atoms. The lowest BCUT2D eigenvalue weighted by Gasteiger charge is -2.37. The first-order valence-electron chi connectivity index (χ1n) is 20.7. The molecule has 16 heteroatoms. The fourth-order valence-electron chi connectivity index (χ4n) is 8.65. The van der Waals surface area contributed by atoms with Crippen LogP contribution in [0.5, 0.6) is 57.5 Å². The zero-order valence-electron chi connectivity index (χ0n) is 36.9. The van der Waals surface area contributed by atoms with Crippen molar-refractivity contribution in [2.45, 2.75) is 69.9 Å². The van der Waals surface area contributed by atoms with E-state index in [1.165, 1.54) is 0 Å². The number of carbonyl (C=O) groups is 1. The van der Waals surface area contributed by atoms with Gasteiger partial charge in [0.1, 0.15) is 71.7 Å². The Morgan fingerprint density at radius 2 is 1.17 bits per heavy atom. The van der Waals surface area contributed by atoms with E-state index in [1.54, 1.807) is 47.5 Å². The van der Waals surface area contributed by atoms with E-state index in [9.17, 15) is 9.90 Å². The molecule has 6 aliphatic heterocycles. The predicted octanol–water partition coefficient (Wildman–Crippen LogP) is 6.60. The molecule has 16 nitrogen and oxygen atoms in total. The van der Waals surface area contributed by atoms with Gasteiger partial charge >= 0.3 is 0 Å². The minimum absolute atomic E-state index is 0.0228. The summed E-state index contributed by atoms with van der Waals surface area (Å²) in [5.41, 5.74) is 7.09. The van der Waals surface area contributed by atoms with Gasteiger partial charge in [-0.15, -0.1) is 0 Å². The molecule has 6 aliphatic rings. The summed E-state index contributed by atoms with van der Waals surface area (Å²) in [6.45, 7) is 14.4. The maximum atomic E-state index is 13.5. The Balaban J connectivity index is 0.000000174. The zero-order chi connectivity index (χ0) is 46.0. The number of ether oxygens (including phenoxy) is 9. The number of ketones is 1. The number of rotatable bonds is 7. The normalized spacial score (nSPS) is 21.8. The Bertz CT molecular complexity index is 2480. The van der Waals surface area contributed by atoms with Gasteiger partial charge in [0.15, 0.2) is 34.9 Å². The second-order valence-electron chi connectivity index (χ2n) is 15.7. The van der Waals surface area contributed by atoms with Crippen LogP contribution in [0.25, 0.3) is 0 Å². The Morgan fingerprint density at radius 1 is 0.703 bits per heavy atom. The summed E-state index contributed by atoms with van der Waals surface area (Å²) >= 11 is 0. The monoisotopic (exact) mass is 882 g/mol. The SMILES string of the molecule is C=C(C)[C@H]1Cc2c(ccc(C3=NOC4COc5cc(OC)c(OC)cc5C34)c2O)O1.C=C(C)[C@H]1Cc2c(ccc3c2O[C@@H]2COc4cc(OC)c(OC)cc4[C@@H]2C3=O)O1.CCO.NO. The molecule has 0 radical (unpaired) electrons. The zero-order valence-corrected chi connectivity index (χ0v) is 36.9. The molecule has 340 valence electrons. The Hall–Kier alpha value is -6.62. The van der Waals surface area contributed by atoms with Gasteiger partial charge in [-0.05, 0) is 68.3 Å². The van der Waals surface area contributed by atoms with E-state index < -0.39 is 12.0 Å². The second kappa shape index (κ2) is 19.0. The number of aliphatic hydroxyl groups excluding tert-OH is 1. The van der Waals surface area contributed by atoms with Crippen molar-refractivity contribution >= 4 is 11.5 Å². The van der Waals surface area contributed by atoms with Gasteiger partial charge in [0.25, 0.3) is 0 Å². The van der Waals surface area contributed by atoms with Gasteiger partial charge in [0.2, 0.25) is 0 Å². The van der Waals surface area contributed by atoms with E-state index in [1.807, 2.05) is 50.2 Å². The molecular weight excluding hydrogens is 829 g/mol. The van der Waals surface area contributed by atoms with Gasteiger partial charge in [-0.3, -0.25) is 4.79 Å².